The van der Waals surface area contributed by atoms with Crippen LogP contribution in [0.2, 0.25) is 10.0 Å². The Balaban J connectivity index is 1.83. The summed E-state index contributed by atoms with van der Waals surface area (Å²) in [6.07, 6.45) is 1.18. The fraction of sp³-hybridized carbons (Fsp3) is 0.188. The lowest BCUT2D eigenvalue weighted by atomic mass is 10.2. The van der Waals surface area contributed by atoms with Gasteiger partial charge in [0.15, 0.2) is 14.9 Å². The fourth-order valence-corrected chi connectivity index (χ4v) is 3.03. The first kappa shape index (κ1) is 19.0. The first-order chi connectivity index (χ1) is 11.3. The molecule has 128 valence electrons. The Kier molecular flexibility index (Phi) is 6.46. The monoisotopic (exact) mass is 402 g/mol. The number of thiocarbonyl (C=S) groups is 1. The van der Waals surface area contributed by atoms with Crippen LogP contribution in [0.15, 0.2) is 47.4 Å². The van der Waals surface area contributed by atoms with Gasteiger partial charge in [0.1, 0.15) is 0 Å². The number of nitrogens with one attached hydrogen (secondary N) is 2. The molecule has 2 rings (SSSR count). The van der Waals surface area contributed by atoms with Gasteiger partial charge in [0.2, 0.25) is 0 Å². The van der Waals surface area contributed by atoms with Crippen molar-refractivity contribution in [2.75, 3.05) is 6.26 Å². The summed E-state index contributed by atoms with van der Waals surface area (Å²) in [5, 5.41) is 7.65. The molecule has 0 spiro atoms. The van der Waals surface area contributed by atoms with E-state index in [9.17, 15) is 8.42 Å². The Morgan fingerprint density at radius 3 is 2.04 bits per heavy atom. The smallest absolute Gasteiger partial charge is 0.175 e. The largest absolute Gasteiger partial charge is 0.359 e. The first-order valence-electron chi connectivity index (χ1n) is 7.00. The van der Waals surface area contributed by atoms with Crippen LogP contribution in [0, 0.1) is 0 Å². The van der Waals surface area contributed by atoms with Crippen LogP contribution in [0.1, 0.15) is 11.1 Å². The summed E-state index contributed by atoms with van der Waals surface area (Å²) < 4.78 is 22.8. The molecule has 0 saturated carbocycles. The minimum absolute atomic E-state index is 0.298. The predicted octanol–water partition coefficient (Wildman–Crippen LogP) is 3.56. The van der Waals surface area contributed by atoms with Crippen LogP contribution in [-0.4, -0.2) is 19.8 Å². The Hall–Kier alpha value is -1.34. The highest BCUT2D eigenvalue weighted by Crippen LogP contribution is 2.22. The van der Waals surface area contributed by atoms with Gasteiger partial charge in [0.25, 0.3) is 0 Å². The second-order valence-corrected chi connectivity index (χ2v) is 8.44. The highest BCUT2D eigenvalue weighted by Gasteiger charge is 2.06. The van der Waals surface area contributed by atoms with Crippen LogP contribution in [-0.2, 0) is 22.9 Å². The zero-order valence-electron chi connectivity index (χ0n) is 12.8. The van der Waals surface area contributed by atoms with Gasteiger partial charge in [-0.15, -0.1) is 0 Å². The van der Waals surface area contributed by atoms with Gasteiger partial charge in [-0.25, -0.2) is 8.42 Å². The average Bonchev–Trinajstić information content (AvgIpc) is 2.53. The second-order valence-electron chi connectivity index (χ2n) is 5.20. The molecule has 2 aromatic rings. The number of hydrogen-bond donors (Lipinski definition) is 2. The molecule has 0 aliphatic heterocycles. The number of sulfone groups is 1. The molecule has 0 aliphatic carbocycles. The Morgan fingerprint density at radius 2 is 1.50 bits per heavy atom. The molecule has 0 unspecified atom stereocenters. The summed E-state index contributed by atoms with van der Waals surface area (Å²) in [7, 11) is -3.18. The first-order valence-corrected chi connectivity index (χ1v) is 10.1. The summed E-state index contributed by atoms with van der Waals surface area (Å²) in [6, 6.07) is 12.1. The molecule has 0 atom stereocenters. The highest BCUT2D eigenvalue weighted by molar-refractivity contribution is 7.90. The van der Waals surface area contributed by atoms with Crippen molar-refractivity contribution in [3.05, 3.63) is 63.6 Å². The maximum absolute atomic E-state index is 11.4. The van der Waals surface area contributed by atoms with Crippen molar-refractivity contribution in [1.29, 1.82) is 0 Å². The third-order valence-corrected chi connectivity index (χ3v) is 5.40. The zero-order chi connectivity index (χ0) is 17.7. The van der Waals surface area contributed by atoms with Gasteiger partial charge < -0.3 is 10.6 Å². The molecule has 0 saturated heterocycles. The van der Waals surface area contributed by atoms with Gasteiger partial charge in [0, 0.05) is 19.3 Å². The van der Waals surface area contributed by atoms with Gasteiger partial charge in [-0.1, -0.05) is 41.4 Å². The summed E-state index contributed by atoms with van der Waals surface area (Å²) in [6.45, 7) is 1.02. The Bertz CT molecular complexity index is 838. The molecule has 8 heteroatoms. The lowest BCUT2D eigenvalue weighted by Crippen LogP contribution is -2.34. The van der Waals surface area contributed by atoms with Crippen molar-refractivity contribution < 1.29 is 8.42 Å². The molecule has 0 heterocycles. The van der Waals surface area contributed by atoms with E-state index in [1.807, 2.05) is 6.07 Å². The lowest BCUT2D eigenvalue weighted by Gasteiger charge is -2.11. The summed E-state index contributed by atoms with van der Waals surface area (Å²) in [5.41, 5.74) is 1.90. The van der Waals surface area contributed by atoms with E-state index in [4.69, 9.17) is 35.4 Å². The van der Waals surface area contributed by atoms with E-state index in [1.54, 1.807) is 36.4 Å². The minimum atomic E-state index is -3.18. The van der Waals surface area contributed by atoms with Crippen LogP contribution < -0.4 is 10.6 Å². The molecule has 0 amide bonds. The molecule has 0 radical (unpaired) electrons. The second kappa shape index (κ2) is 8.16. The standard InChI is InChI=1S/C16H16Cl2N2O2S2/c1-24(21,22)13-5-2-11(3-6-13)9-19-16(23)20-10-12-4-7-14(17)15(18)8-12/h2-8H,9-10H2,1H3,(H2,19,20,23). The molecule has 0 fully saturated rings. The van der Waals surface area contributed by atoms with Crippen molar-refractivity contribution in [2.24, 2.45) is 0 Å². The number of rotatable bonds is 5. The van der Waals surface area contributed by atoms with E-state index in [1.165, 1.54) is 6.26 Å². The van der Waals surface area contributed by atoms with Crippen molar-refractivity contribution in [2.45, 2.75) is 18.0 Å². The molecular formula is C16H16Cl2N2O2S2. The third-order valence-electron chi connectivity index (χ3n) is 3.24. The van der Waals surface area contributed by atoms with Gasteiger partial charge in [0.05, 0.1) is 14.9 Å². The topological polar surface area (TPSA) is 58.2 Å². The summed E-state index contributed by atoms with van der Waals surface area (Å²) in [5.74, 6) is 0. The minimum Gasteiger partial charge on any atom is -0.359 e. The predicted molar refractivity (Wildman–Crippen MR) is 102 cm³/mol. The van der Waals surface area contributed by atoms with E-state index < -0.39 is 9.84 Å². The van der Waals surface area contributed by atoms with E-state index in [-0.39, 0.29) is 0 Å². The molecule has 2 N–H and O–H groups in total. The van der Waals surface area contributed by atoms with E-state index in [2.05, 4.69) is 10.6 Å². The third kappa shape index (κ3) is 5.63. The Labute approximate surface area is 157 Å². The van der Waals surface area contributed by atoms with E-state index in [0.29, 0.717) is 33.1 Å². The average molecular weight is 403 g/mol. The van der Waals surface area contributed by atoms with Crippen LogP contribution >= 0.6 is 35.4 Å². The number of hydrogen-bond acceptors (Lipinski definition) is 3. The molecule has 0 aliphatic rings. The van der Waals surface area contributed by atoms with Gasteiger partial charge in [-0.2, -0.15) is 0 Å². The molecule has 0 bridgehead atoms. The Morgan fingerprint density at radius 1 is 0.958 bits per heavy atom. The van der Waals surface area contributed by atoms with Gasteiger partial charge >= 0.3 is 0 Å². The van der Waals surface area contributed by atoms with E-state index in [0.717, 1.165) is 11.1 Å². The molecule has 0 aromatic heterocycles. The summed E-state index contributed by atoms with van der Waals surface area (Å²) >= 11 is 17.1. The number of halogens is 2. The molecule has 4 nitrogen and oxygen atoms in total. The van der Waals surface area contributed by atoms with E-state index >= 15 is 0 Å². The maximum atomic E-state index is 11.4. The van der Waals surface area contributed by atoms with Crippen molar-refractivity contribution in [3.63, 3.8) is 0 Å². The van der Waals surface area contributed by atoms with Crippen LogP contribution in [0.25, 0.3) is 0 Å². The van der Waals surface area contributed by atoms with Crippen LogP contribution in [0.4, 0.5) is 0 Å². The highest BCUT2D eigenvalue weighted by atomic mass is 35.5. The van der Waals surface area contributed by atoms with Crippen LogP contribution in [0.5, 0.6) is 0 Å². The van der Waals surface area contributed by atoms with Gasteiger partial charge in [-0.3, -0.25) is 0 Å². The normalized spacial score (nSPS) is 11.1. The lowest BCUT2D eigenvalue weighted by molar-refractivity contribution is 0.602. The van der Waals surface area contributed by atoms with Crippen molar-refractivity contribution >= 4 is 50.4 Å². The SMILES string of the molecule is CS(=O)(=O)c1ccc(CNC(=S)NCc2ccc(Cl)c(Cl)c2)cc1. The fourth-order valence-electron chi connectivity index (χ4n) is 1.93. The maximum Gasteiger partial charge on any atom is 0.175 e. The molecular weight excluding hydrogens is 387 g/mol. The molecule has 24 heavy (non-hydrogen) atoms. The van der Waals surface area contributed by atoms with Crippen molar-refractivity contribution in [1.82, 2.24) is 10.6 Å². The van der Waals surface area contributed by atoms with Gasteiger partial charge in [-0.05, 0) is 47.6 Å². The van der Waals surface area contributed by atoms with Crippen LogP contribution in [0.3, 0.4) is 0 Å². The van der Waals surface area contributed by atoms with Crippen molar-refractivity contribution in [3.8, 4) is 0 Å². The summed E-state index contributed by atoms with van der Waals surface area (Å²) in [4.78, 5) is 0.298. The zero-order valence-corrected chi connectivity index (χ0v) is 16.0. The molecule has 2 aromatic carbocycles. The number of benzene rings is 2. The quantitative estimate of drug-likeness (QED) is 0.748.